The second-order valence-electron chi connectivity index (χ2n) is 7.54. The van der Waals surface area contributed by atoms with Crippen LogP contribution in [-0.2, 0) is 16.1 Å². The molecule has 12 heteroatoms. The lowest BCUT2D eigenvalue weighted by Gasteiger charge is -2.15. The number of aromatic nitrogens is 3. The number of hydrogen-bond acceptors (Lipinski definition) is 7. The molecule has 0 aliphatic heterocycles. The quantitative estimate of drug-likeness (QED) is 0.270. The number of nitrogens with zero attached hydrogens (tertiary/aromatic N) is 3. The molecule has 1 atom stereocenters. The highest BCUT2D eigenvalue weighted by atomic mass is 35.5. The van der Waals surface area contributed by atoms with Crippen LogP contribution in [0.15, 0.2) is 47.6 Å². The van der Waals surface area contributed by atoms with E-state index in [1.54, 1.807) is 50.2 Å². The van der Waals surface area contributed by atoms with E-state index in [0.717, 1.165) is 0 Å². The predicted octanol–water partition coefficient (Wildman–Crippen LogP) is 5.00. The summed E-state index contributed by atoms with van der Waals surface area (Å²) in [4.78, 5) is 37.1. The predicted molar refractivity (Wildman–Crippen MR) is 140 cm³/mol. The van der Waals surface area contributed by atoms with E-state index in [1.165, 1.54) is 17.8 Å². The molecule has 0 unspecified atom stereocenters. The summed E-state index contributed by atoms with van der Waals surface area (Å²) >= 11 is 13.3. The van der Waals surface area contributed by atoms with Crippen molar-refractivity contribution < 1.29 is 19.1 Å². The van der Waals surface area contributed by atoms with Crippen molar-refractivity contribution in [3.63, 3.8) is 0 Å². The number of amides is 2. The largest absolute Gasteiger partial charge is 0.462 e. The third-order valence-electron chi connectivity index (χ3n) is 4.96. The van der Waals surface area contributed by atoms with E-state index < -0.39 is 12.0 Å². The molecule has 0 fully saturated rings. The first-order valence-corrected chi connectivity index (χ1v) is 12.9. The second-order valence-corrected chi connectivity index (χ2v) is 9.33. The lowest BCUT2D eigenvalue weighted by molar-refractivity contribution is -0.113. The molecular weight excluding hydrogens is 525 g/mol. The number of rotatable bonds is 10. The second kappa shape index (κ2) is 12.8. The van der Waals surface area contributed by atoms with E-state index in [1.807, 2.05) is 11.5 Å². The van der Waals surface area contributed by atoms with Crippen molar-refractivity contribution in [2.45, 2.75) is 38.5 Å². The van der Waals surface area contributed by atoms with Gasteiger partial charge in [-0.25, -0.2) is 4.79 Å². The Labute approximate surface area is 222 Å². The highest BCUT2D eigenvalue weighted by molar-refractivity contribution is 7.99. The van der Waals surface area contributed by atoms with Crippen LogP contribution in [0.1, 0.15) is 53.4 Å². The van der Waals surface area contributed by atoms with Gasteiger partial charge in [0.1, 0.15) is 0 Å². The van der Waals surface area contributed by atoms with Crippen LogP contribution >= 0.6 is 35.0 Å². The molecule has 3 aromatic rings. The fourth-order valence-electron chi connectivity index (χ4n) is 3.30. The number of halogens is 2. The Morgan fingerprint density at radius 1 is 1.11 bits per heavy atom. The van der Waals surface area contributed by atoms with Crippen LogP contribution in [0.4, 0.5) is 5.69 Å². The summed E-state index contributed by atoms with van der Waals surface area (Å²) in [6, 6.07) is 10.7. The van der Waals surface area contributed by atoms with Crippen molar-refractivity contribution in [3.8, 4) is 0 Å². The fraction of sp³-hybridized carbons (Fsp3) is 0.292. The van der Waals surface area contributed by atoms with Gasteiger partial charge < -0.3 is 19.9 Å². The van der Waals surface area contributed by atoms with E-state index in [2.05, 4.69) is 20.8 Å². The van der Waals surface area contributed by atoms with Crippen LogP contribution in [0.5, 0.6) is 0 Å². The molecule has 2 N–H and O–H groups in total. The number of anilines is 1. The maximum absolute atomic E-state index is 12.7. The van der Waals surface area contributed by atoms with Crippen LogP contribution in [0.2, 0.25) is 10.0 Å². The first-order valence-electron chi connectivity index (χ1n) is 11.1. The Balaban J connectivity index is 1.62. The lowest BCUT2D eigenvalue weighted by atomic mass is 10.2. The minimum Gasteiger partial charge on any atom is -0.462 e. The van der Waals surface area contributed by atoms with Crippen LogP contribution in [0, 0.1) is 0 Å². The van der Waals surface area contributed by atoms with Crippen molar-refractivity contribution in [1.82, 2.24) is 20.1 Å². The number of nitrogens with one attached hydrogen (secondary N) is 2. The summed E-state index contributed by atoms with van der Waals surface area (Å²) in [5.41, 5.74) is 1.14. The van der Waals surface area contributed by atoms with Crippen LogP contribution in [0.3, 0.4) is 0 Å². The summed E-state index contributed by atoms with van der Waals surface area (Å²) < 4.78 is 6.82. The van der Waals surface area contributed by atoms with Gasteiger partial charge in [0, 0.05) is 17.3 Å². The average molecular weight is 550 g/mol. The molecule has 0 radical (unpaired) electrons. The smallest absolute Gasteiger partial charge is 0.338 e. The van der Waals surface area contributed by atoms with Crippen molar-refractivity contribution in [1.29, 1.82) is 0 Å². The first-order chi connectivity index (χ1) is 17.2. The van der Waals surface area contributed by atoms with Crippen LogP contribution in [0.25, 0.3) is 0 Å². The number of esters is 1. The Bertz CT molecular complexity index is 1270. The number of benzene rings is 2. The van der Waals surface area contributed by atoms with Gasteiger partial charge in [-0.05, 0) is 57.2 Å². The number of carbonyl (C=O) groups is 3. The molecule has 0 saturated carbocycles. The zero-order chi connectivity index (χ0) is 26.2. The van der Waals surface area contributed by atoms with Gasteiger partial charge in [0.15, 0.2) is 11.0 Å². The standard InChI is InChI=1S/C24H25Cl2N5O4S/c1-4-31-21(14(3)27-22(33)18-10-9-16(25)12-19(18)26)29-30-24(31)36-13-20(32)28-17-8-6-7-15(11-17)23(34)35-5-2/h6-12,14H,4-5,13H2,1-3H3,(H,27,33)(H,28,32)/t14-/m1/s1. The summed E-state index contributed by atoms with van der Waals surface area (Å²) in [5.74, 6) is -0.476. The van der Waals surface area contributed by atoms with Gasteiger partial charge in [0.25, 0.3) is 5.91 Å². The molecule has 0 spiro atoms. The maximum atomic E-state index is 12.7. The van der Waals surface area contributed by atoms with Gasteiger partial charge in [0.2, 0.25) is 5.91 Å². The molecule has 1 aromatic heterocycles. The molecule has 190 valence electrons. The summed E-state index contributed by atoms with van der Waals surface area (Å²) in [5, 5.41) is 15.3. The molecule has 2 aromatic carbocycles. The fourth-order valence-corrected chi connectivity index (χ4v) is 4.61. The molecule has 36 heavy (non-hydrogen) atoms. The topological polar surface area (TPSA) is 115 Å². The summed E-state index contributed by atoms with van der Waals surface area (Å²) in [6.07, 6.45) is 0. The Morgan fingerprint density at radius 2 is 1.89 bits per heavy atom. The van der Waals surface area contributed by atoms with Gasteiger partial charge in [-0.3, -0.25) is 9.59 Å². The van der Waals surface area contributed by atoms with Gasteiger partial charge >= 0.3 is 5.97 Å². The molecule has 2 amide bonds. The van der Waals surface area contributed by atoms with Crippen molar-refractivity contribution in [2.24, 2.45) is 0 Å². The highest BCUT2D eigenvalue weighted by Crippen LogP contribution is 2.24. The van der Waals surface area contributed by atoms with Crippen molar-refractivity contribution in [3.05, 3.63) is 69.5 Å². The SMILES string of the molecule is CCOC(=O)c1cccc(NC(=O)CSc2nnc([C@@H](C)NC(=O)c3ccc(Cl)cc3Cl)n2CC)c1. The molecule has 0 saturated heterocycles. The third kappa shape index (κ3) is 6.99. The first kappa shape index (κ1) is 27.5. The monoisotopic (exact) mass is 549 g/mol. The molecule has 9 nitrogen and oxygen atoms in total. The zero-order valence-corrected chi connectivity index (χ0v) is 22.2. The van der Waals surface area contributed by atoms with Crippen molar-refractivity contribution in [2.75, 3.05) is 17.7 Å². The number of thioether (sulfide) groups is 1. The molecule has 1 heterocycles. The molecule has 0 bridgehead atoms. The minimum absolute atomic E-state index is 0.0723. The Morgan fingerprint density at radius 3 is 2.58 bits per heavy atom. The average Bonchev–Trinajstić information content (AvgIpc) is 3.26. The van der Waals surface area contributed by atoms with E-state index >= 15 is 0 Å². The number of hydrogen-bond donors (Lipinski definition) is 2. The van der Waals surface area contributed by atoms with Gasteiger partial charge in [-0.15, -0.1) is 10.2 Å². The molecular formula is C24H25Cl2N5O4S. The maximum Gasteiger partial charge on any atom is 0.338 e. The van der Waals surface area contributed by atoms with Crippen LogP contribution in [-0.4, -0.2) is 44.9 Å². The Kier molecular flexibility index (Phi) is 9.74. The normalized spacial score (nSPS) is 11.6. The molecule has 3 rings (SSSR count). The van der Waals surface area contributed by atoms with E-state index in [0.29, 0.717) is 39.4 Å². The summed E-state index contributed by atoms with van der Waals surface area (Å²) in [7, 11) is 0. The number of carbonyl (C=O) groups excluding carboxylic acids is 3. The van der Waals surface area contributed by atoms with E-state index in [9.17, 15) is 14.4 Å². The number of ether oxygens (including phenoxy) is 1. The van der Waals surface area contributed by atoms with E-state index in [4.69, 9.17) is 27.9 Å². The van der Waals surface area contributed by atoms with Gasteiger partial charge in [-0.1, -0.05) is 41.0 Å². The van der Waals surface area contributed by atoms with Gasteiger partial charge in [0.05, 0.1) is 34.6 Å². The molecule has 0 aliphatic rings. The zero-order valence-electron chi connectivity index (χ0n) is 19.9. The molecule has 0 aliphatic carbocycles. The highest BCUT2D eigenvalue weighted by Gasteiger charge is 2.21. The van der Waals surface area contributed by atoms with E-state index in [-0.39, 0.29) is 29.2 Å². The lowest BCUT2D eigenvalue weighted by Crippen LogP contribution is -2.29. The van der Waals surface area contributed by atoms with Gasteiger partial charge in [-0.2, -0.15) is 0 Å². The Hall–Kier alpha value is -3.08. The van der Waals surface area contributed by atoms with Crippen molar-refractivity contribution >= 4 is 58.4 Å². The van der Waals surface area contributed by atoms with Crippen LogP contribution < -0.4 is 10.6 Å². The minimum atomic E-state index is -0.467. The summed E-state index contributed by atoms with van der Waals surface area (Å²) in [6.45, 7) is 6.24. The third-order valence-corrected chi connectivity index (χ3v) is 6.48.